The van der Waals surface area contributed by atoms with Crippen molar-refractivity contribution < 1.29 is 22.3 Å². The zero-order valence-corrected chi connectivity index (χ0v) is 6.13. The van der Waals surface area contributed by atoms with E-state index in [0.717, 1.165) is 6.92 Å². The lowest BCUT2D eigenvalue weighted by Crippen LogP contribution is -2.36. The van der Waals surface area contributed by atoms with Crippen LogP contribution in [0.3, 0.4) is 0 Å². The molecule has 0 spiro atoms. The third-order valence-electron chi connectivity index (χ3n) is 1.60. The molecule has 0 saturated carbocycles. The lowest BCUT2D eigenvalue weighted by atomic mass is 10.0. The quantitative estimate of drug-likeness (QED) is 0.510. The third-order valence-corrected chi connectivity index (χ3v) is 1.60. The van der Waals surface area contributed by atoms with Gasteiger partial charge in [0.05, 0.1) is 0 Å². The number of hydrogen-bond acceptors (Lipinski definition) is 1. The van der Waals surface area contributed by atoms with Gasteiger partial charge in [-0.3, -0.25) is 4.74 Å². The van der Waals surface area contributed by atoms with E-state index in [0.29, 0.717) is 6.92 Å². The van der Waals surface area contributed by atoms with Crippen molar-refractivity contribution in [2.45, 2.75) is 37.9 Å². The number of ether oxygens (including phenoxy) is 1. The lowest BCUT2D eigenvalue weighted by molar-refractivity contribution is -0.308. The van der Waals surface area contributed by atoms with E-state index in [1.54, 1.807) is 0 Å². The summed E-state index contributed by atoms with van der Waals surface area (Å²) in [4.78, 5) is 0. The molecule has 1 rings (SSSR count). The van der Waals surface area contributed by atoms with Gasteiger partial charge in [-0.2, -0.15) is 8.78 Å². The van der Waals surface area contributed by atoms with Crippen LogP contribution in [-0.2, 0) is 4.74 Å². The predicted molar refractivity (Wildman–Crippen MR) is 29.7 cm³/mol. The summed E-state index contributed by atoms with van der Waals surface area (Å²) in [6.45, 7) is 1.41. The van der Waals surface area contributed by atoms with E-state index >= 15 is 0 Å². The second-order valence-electron chi connectivity index (χ2n) is 3.09. The normalized spacial score (nSPS) is 49.6. The Morgan fingerprint density at radius 1 is 1.09 bits per heavy atom. The van der Waals surface area contributed by atoms with Crippen LogP contribution in [0.2, 0.25) is 0 Å². The Morgan fingerprint density at radius 2 is 1.55 bits per heavy atom. The number of alkyl halides is 4. The zero-order chi connectivity index (χ0) is 8.91. The third kappa shape index (κ3) is 1.34. The molecule has 0 bridgehead atoms. The van der Waals surface area contributed by atoms with Crippen LogP contribution in [0.15, 0.2) is 0 Å². The molecule has 2 unspecified atom stereocenters. The first-order valence-corrected chi connectivity index (χ1v) is 3.12. The van der Waals surface area contributed by atoms with Gasteiger partial charge >= 0.3 is 6.11 Å². The largest absolute Gasteiger partial charge is 0.392 e. The molecule has 0 aromatic carbocycles. The molecule has 1 fully saturated rings. The Kier molecular flexibility index (Phi) is 1.50. The molecule has 0 N–H and O–H groups in total. The Bertz CT molecular complexity index is 157. The van der Waals surface area contributed by atoms with Crippen LogP contribution < -0.4 is 0 Å². The molecule has 1 aliphatic heterocycles. The molecule has 0 aromatic heterocycles. The van der Waals surface area contributed by atoms with Gasteiger partial charge in [-0.05, 0) is 13.8 Å². The highest BCUT2D eigenvalue weighted by atomic mass is 19.3. The van der Waals surface area contributed by atoms with Crippen molar-refractivity contribution in [2.75, 3.05) is 0 Å². The van der Waals surface area contributed by atoms with Gasteiger partial charge in [-0.15, -0.1) is 0 Å². The molecule has 1 aliphatic rings. The van der Waals surface area contributed by atoms with E-state index in [2.05, 4.69) is 4.74 Å². The van der Waals surface area contributed by atoms with Crippen LogP contribution in [0.1, 0.15) is 20.3 Å². The molecule has 0 radical (unpaired) electrons. The van der Waals surface area contributed by atoms with E-state index in [1.807, 2.05) is 0 Å². The average Bonchev–Trinajstić information content (AvgIpc) is 1.66. The van der Waals surface area contributed by atoms with Crippen LogP contribution in [0.4, 0.5) is 17.6 Å². The van der Waals surface area contributed by atoms with Gasteiger partial charge in [-0.1, -0.05) is 0 Å². The smallest absolute Gasteiger partial charge is 0.281 e. The summed E-state index contributed by atoms with van der Waals surface area (Å²) < 4.78 is 53.8. The maximum Gasteiger partial charge on any atom is 0.392 e. The fourth-order valence-corrected chi connectivity index (χ4v) is 1.11. The Labute approximate surface area is 61.3 Å². The van der Waals surface area contributed by atoms with Crippen LogP contribution in [0.5, 0.6) is 0 Å². The van der Waals surface area contributed by atoms with Crippen molar-refractivity contribution in [2.24, 2.45) is 0 Å². The van der Waals surface area contributed by atoms with E-state index in [-0.39, 0.29) is 0 Å². The Balaban J connectivity index is 2.89. The van der Waals surface area contributed by atoms with Crippen molar-refractivity contribution in [3.63, 3.8) is 0 Å². The van der Waals surface area contributed by atoms with Gasteiger partial charge in [0.15, 0.2) is 0 Å². The van der Waals surface area contributed by atoms with Crippen LogP contribution in [0, 0.1) is 0 Å². The topological polar surface area (TPSA) is 9.23 Å². The summed E-state index contributed by atoms with van der Waals surface area (Å²) >= 11 is 0. The first kappa shape index (κ1) is 8.77. The molecule has 1 nitrogen and oxygen atoms in total. The lowest BCUT2D eigenvalue weighted by Gasteiger charge is -2.18. The molecule has 0 aliphatic carbocycles. The van der Waals surface area contributed by atoms with Gasteiger partial charge in [-0.25, -0.2) is 8.78 Å². The highest BCUT2D eigenvalue weighted by Crippen LogP contribution is 2.49. The van der Waals surface area contributed by atoms with Crippen LogP contribution in [0.25, 0.3) is 0 Å². The van der Waals surface area contributed by atoms with Crippen molar-refractivity contribution in [1.29, 1.82) is 0 Å². The molecule has 1 saturated heterocycles. The van der Waals surface area contributed by atoms with Crippen molar-refractivity contribution >= 4 is 0 Å². The predicted octanol–water partition coefficient (Wildman–Crippen LogP) is 2.41. The van der Waals surface area contributed by atoms with Crippen molar-refractivity contribution in [1.82, 2.24) is 0 Å². The van der Waals surface area contributed by atoms with Gasteiger partial charge in [0, 0.05) is 6.42 Å². The minimum atomic E-state index is -4.02. The monoisotopic (exact) mass is 172 g/mol. The summed E-state index contributed by atoms with van der Waals surface area (Å²) in [5, 5.41) is 0. The second-order valence-corrected chi connectivity index (χ2v) is 3.09. The van der Waals surface area contributed by atoms with E-state index in [9.17, 15) is 17.6 Å². The fraction of sp³-hybridized carbons (Fsp3) is 1.00. The summed E-state index contributed by atoms with van der Waals surface area (Å²) in [5.74, 6) is -2.56. The number of hydrogen-bond donors (Lipinski definition) is 0. The summed E-state index contributed by atoms with van der Waals surface area (Å²) in [6, 6.07) is 0. The van der Waals surface area contributed by atoms with Gasteiger partial charge in [0.25, 0.3) is 0 Å². The summed E-state index contributed by atoms with van der Waals surface area (Å²) in [5.41, 5.74) is -2.91. The maximum absolute atomic E-state index is 12.8. The molecule has 0 aromatic rings. The minimum absolute atomic E-state index is 0.623. The number of rotatable bonds is 0. The summed E-state index contributed by atoms with van der Waals surface area (Å²) in [7, 11) is 0. The molecule has 11 heavy (non-hydrogen) atoms. The molecule has 0 amide bonds. The first-order valence-electron chi connectivity index (χ1n) is 3.12. The molecular weight excluding hydrogens is 164 g/mol. The molecule has 5 heteroatoms. The van der Waals surface area contributed by atoms with Crippen LogP contribution in [-0.4, -0.2) is 17.6 Å². The SMILES string of the molecule is CC1(F)CC(C)(F)C(F)(F)O1. The molecule has 2 atom stereocenters. The van der Waals surface area contributed by atoms with E-state index in [1.165, 1.54) is 0 Å². The van der Waals surface area contributed by atoms with Crippen molar-refractivity contribution in [3.8, 4) is 0 Å². The average molecular weight is 172 g/mol. The Hall–Kier alpha value is -0.320. The second kappa shape index (κ2) is 1.88. The maximum atomic E-state index is 12.8. The zero-order valence-electron chi connectivity index (χ0n) is 6.13. The minimum Gasteiger partial charge on any atom is -0.281 e. The van der Waals surface area contributed by atoms with E-state index in [4.69, 9.17) is 0 Å². The first-order chi connectivity index (χ1) is 4.66. The fourth-order valence-electron chi connectivity index (χ4n) is 1.11. The van der Waals surface area contributed by atoms with E-state index < -0.39 is 24.1 Å². The number of halogens is 4. The standard InChI is InChI=1S/C6H8F4O/c1-4(7)3-5(2,8)11-6(4,9)10/h3H2,1-2H3. The van der Waals surface area contributed by atoms with Crippen LogP contribution >= 0.6 is 0 Å². The van der Waals surface area contributed by atoms with Crippen molar-refractivity contribution in [3.05, 3.63) is 0 Å². The molecular formula is C6H8F4O. The van der Waals surface area contributed by atoms with Gasteiger partial charge < -0.3 is 0 Å². The molecule has 66 valence electrons. The summed E-state index contributed by atoms with van der Waals surface area (Å²) in [6.07, 6.45) is -4.95. The highest BCUT2D eigenvalue weighted by Gasteiger charge is 2.65. The molecule has 1 heterocycles. The van der Waals surface area contributed by atoms with Gasteiger partial charge in [0.1, 0.15) is 0 Å². The Morgan fingerprint density at radius 3 is 1.64 bits per heavy atom. The highest BCUT2D eigenvalue weighted by molar-refractivity contribution is 4.94. The van der Waals surface area contributed by atoms with Gasteiger partial charge in [0.2, 0.25) is 11.5 Å².